The number of ether oxygens (including phenoxy) is 4. The van der Waals surface area contributed by atoms with Crippen LogP contribution in [0.5, 0.6) is 23.0 Å². The molecule has 5 rings (SSSR count). The Morgan fingerprint density at radius 2 is 1.65 bits per heavy atom. The molecule has 37 heavy (non-hydrogen) atoms. The van der Waals surface area contributed by atoms with Crippen molar-refractivity contribution in [1.82, 2.24) is 4.90 Å². The first-order valence-electron chi connectivity index (χ1n) is 12.0. The average Bonchev–Trinajstić information content (AvgIpc) is 3.20. The molecular formula is C29H27NO7. The maximum absolute atomic E-state index is 13.4. The molecule has 8 nitrogen and oxygen atoms in total. The smallest absolute Gasteiger partial charge is 0.295 e. The standard InChI is InChI=1S/C29H27NO7/c1-34-21-10-8-19(16-23(21)35-2)26-25(27(31)20-9-11-22-24(17-20)37-15-14-36-22)28(32)29(33)30(26)13-12-18-6-4-3-5-7-18/h3-11,16-17,26,31H,12-15H2,1-2H3/b27-25-. The second-order valence-corrected chi connectivity index (χ2v) is 8.70. The second kappa shape index (κ2) is 10.3. The number of hydrogen-bond acceptors (Lipinski definition) is 7. The summed E-state index contributed by atoms with van der Waals surface area (Å²) in [5.74, 6) is 0.290. The van der Waals surface area contributed by atoms with Crippen LogP contribution in [0.1, 0.15) is 22.7 Å². The number of aliphatic hydroxyl groups excluding tert-OH is 1. The minimum Gasteiger partial charge on any atom is -0.507 e. The molecule has 0 radical (unpaired) electrons. The molecular weight excluding hydrogens is 474 g/mol. The SMILES string of the molecule is COc1ccc(C2/C(=C(/O)c3ccc4c(c3)OCCO4)C(=O)C(=O)N2CCc2ccccc2)cc1OC. The molecule has 1 saturated heterocycles. The first-order chi connectivity index (χ1) is 18.0. The van der Waals surface area contributed by atoms with Crippen LogP contribution in [0.4, 0.5) is 0 Å². The Bertz CT molecular complexity index is 1370. The van der Waals surface area contributed by atoms with Gasteiger partial charge in [-0.2, -0.15) is 0 Å². The van der Waals surface area contributed by atoms with E-state index in [0.29, 0.717) is 53.8 Å². The number of aliphatic hydroxyl groups is 1. The molecule has 8 heteroatoms. The molecule has 1 amide bonds. The lowest BCUT2D eigenvalue weighted by atomic mass is 9.94. The lowest BCUT2D eigenvalue weighted by molar-refractivity contribution is -0.139. The Labute approximate surface area is 214 Å². The van der Waals surface area contributed by atoms with Crippen molar-refractivity contribution in [2.24, 2.45) is 0 Å². The third-order valence-corrected chi connectivity index (χ3v) is 6.56. The van der Waals surface area contributed by atoms with Crippen molar-refractivity contribution in [1.29, 1.82) is 0 Å². The Hall–Kier alpha value is -4.46. The summed E-state index contributed by atoms with van der Waals surface area (Å²) < 4.78 is 22.1. The van der Waals surface area contributed by atoms with Crippen LogP contribution in [0.25, 0.3) is 5.76 Å². The van der Waals surface area contributed by atoms with E-state index in [4.69, 9.17) is 18.9 Å². The van der Waals surface area contributed by atoms with Gasteiger partial charge in [-0.15, -0.1) is 0 Å². The van der Waals surface area contributed by atoms with Crippen LogP contribution in [0.15, 0.2) is 72.3 Å². The summed E-state index contributed by atoms with van der Waals surface area (Å²) in [6.07, 6.45) is 0.543. The Morgan fingerprint density at radius 1 is 0.919 bits per heavy atom. The molecule has 1 N–H and O–H groups in total. The van der Waals surface area contributed by atoms with Gasteiger partial charge < -0.3 is 29.0 Å². The number of benzene rings is 3. The lowest BCUT2D eigenvalue weighted by Crippen LogP contribution is -2.31. The summed E-state index contributed by atoms with van der Waals surface area (Å²) in [6.45, 7) is 1.10. The van der Waals surface area contributed by atoms with Gasteiger partial charge in [-0.05, 0) is 47.9 Å². The zero-order chi connectivity index (χ0) is 25.9. The molecule has 2 aliphatic rings. The van der Waals surface area contributed by atoms with Gasteiger partial charge in [-0.25, -0.2) is 0 Å². The third-order valence-electron chi connectivity index (χ3n) is 6.56. The van der Waals surface area contributed by atoms with Crippen molar-refractivity contribution >= 4 is 17.4 Å². The summed E-state index contributed by atoms with van der Waals surface area (Å²) in [7, 11) is 3.05. The molecule has 0 bridgehead atoms. The van der Waals surface area contributed by atoms with Gasteiger partial charge in [0, 0.05) is 12.1 Å². The number of carbonyl (C=O) groups excluding carboxylic acids is 2. The molecule has 1 atom stereocenters. The number of rotatable bonds is 7. The van der Waals surface area contributed by atoms with Crippen LogP contribution < -0.4 is 18.9 Å². The molecule has 1 unspecified atom stereocenters. The quantitative estimate of drug-likeness (QED) is 0.295. The second-order valence-electron chi connectivity index (χ2n) is 8.70. The molecule has 2 aliphatic heterocycles. The average molecular weight is 502 g/mol. The molecule has 0 aromatic heterocycles. The van der Waals surface area contributed by atoms with Crippen molar-refractivity contribution in [3.8, 4) is 23.0 Å². The van der Waals surface area contributed by atoms with Crippen molar-refractivity contribution in [2.75, 3.05) is 34.0 Å². The molecule has 3 aromatic rings. The number of fused-ring (bicyclic) bond motifs is 1. The van der Waals surface area contributed by atoms with Crippen molar-refractivity contribution < 1.29 is 33.6 Å². The lowest BCUT2D eigenvalue weighted by Gasteiger charge is -2.26. The number of carbonyl (C=O) groups is 2. The summed E-state index contributed by atoms with van der Waals surface area (Å²) in [5.41, 5.74) is 2.00. The predicted molar refractivity (Wildman–Crippen MR) is 136 cm³/mol. The van der Waals surface area contributed by atoms with E-state index in [9.17, 15) is 14.7 Å². The highest BCUT2D eigenvalue weighted by molar-refractivity contribution is 6.46. The number of Topliss-reactive ketones (excluding diaryl/α,β-unsaturated/α-hetero) is 1. The minimum absolute atomic E-state index is 0.00181. The summed E-state index contributed by atoms with van der Waals surface area (Å²) in [6, 6.07) is 19.0. The fourth-order valence-electron chi connectivity index (χ4n) is 4.72. The number of hydrogen-bond donors (Lipinski definition) is 1. The van der Waals surface area contributed by atoms with E-state index in [2.05, 4.69) is 0 Å². The van der Waals surface area contributed by atoms with Gasteiger partial charge >= 0.3 is 0 Å². The van der Waals surface area contributed by atoms with Crippen LogP contribution in [-0.4, -0.2) is 55.7 Å². The highest BCUT2D eigenvalue weighted by atomic mass is 16.6. The monoisotopic (exact) mass is 501 g/mol. The molecule has 0 saturated carbocycles. The Balaban J connectivity index is 1.60. The van der Waals surface area contributed by atoms with Gasteiger partial charge in [0.1, 0.15) is 19.0 Å². The van der Waals surface area contributed by atoms with Crippen LogP contribution in [0.3, 0.4) is 0 Å². The van der Waals surface area contributed by atoms with Crippen LogP contribution in [-0.2, 0) is 16.0 Å². The maximum Gasteiger partial charge on any atom is 0.295 e. The zero-order valence-electron chi connectivity index (χ0n) is 20.6. The first-order valence-corrected chi connectivity index (χ1v) is 12.0. The summed E-state index contributed by atoms with van der Waals surface area (Å²) in [4.78, 5) is 28.2. The van der Waals surface area contributed by atoms with Crippen LogP contribution >= 0.6 is 0 Å². The molecule has 0 aliphatic carbocycles. The number of methoxy groups -OCH3 is 2. The normalized spacial score (nSPS) is 18.1. The van der Waals surface area contributed by atoms with Gasteiger partial charge in [-0.1, -0.05) is 36.4 Å². The predicted octanol–water partition coefficient (Wildman–Crippen LogP) is 4.14. The highest BCUT2D eigenvalue weighted by Crippen LogP contribution is 2.43. The van der Waals surface area contributed by atoms with E-state index in [1.165, 1.54) is 19.1 Å². The molecule has 190 valence electrons. The van der Waals surface area contributed by atoms with E-state index in [0.717, 1.165) is 5.56 Å². The van der Waals surface area contributed by atoms with E-state index >= 15 is 0 Å². The molecule has 3 aromatic carbocycles. The molecule has 1 fully saturated rings. The van der Waals surface area contributed by atoms with Crippen molar-refractivity contribution in [3.05, 3.63) is 89.0 Å². The number of ketones is 1. The summed E-state index contributed by atoms with van der Waals surface area (Å²) in [5, 5.41) is 11.4. The first kappa shape index (κ1) is 24.2. The van der Waals surface area contributed by atoms with E-state index in [1.54, 1.807) is 36.4 Å². The van der Waals surface area contributed by atoms with E-state index < -0.39 is 17.7 Å². The Kier molecular flexibility index (Phi) is 6.72. The number of likely N-dealkylation sites (tertiary alicyclic amines) is 1. The molecule has 0 spiro atoms. The van der Waals surface area contributed by atoms with E-state index in [-0.39, 0.29) is 17.9 Å². The van der Waals surface area contributed by atoms with Crippen molar-refractivity contribution in [2.45, 2.75) is 12.5 Å². The van der Waals surface area contributed by atoms with Gasteiger partial charge in [0.25, 0.3) is 11.7 Å². The van der Waals surface area contributed by atoms with Crippen molar-refractivity contribution in [3.63, 3.8) is 0 Å². The van der Waals surface area contributed by atoms with Gasteiger partial charge in [0.2, 0.25) is 0 Å². The Morgan fingerprint density at radius 3 is 2.38 bits per heavy atom. The largest absolute Gasteiger partial charge is 0.507 e. The van der Waals surface area contributed by atoms with Gasteiger partial charge in [-0.3, -0.25) is 9.59 Å². The topological polar surface area (TPSA) is 94.5 Å². The fourth-order valence-corrected chi connectivity index (χ4v) is 4.72. The van der Waals surface area contributed by atoms with Crippen LogP contribution in [0, 0.1) is 0 Å². The molecule has 2 heterocycles. The minimum atomic E-state index is -0.822. The zero-order valence-corrected chi connectivity index (χ0v) is 20.6. The van der Waals surface area contributed by atoms with Gasteiger partial charge in [0.15, 0.2) is 23.0 Å². The number of nitrogens with zero attached hydrogens (tertiary/aromatic N) is 1. The van der Waals surface area contributed by atoms with E-state index in [1.807, 2.05) is 30.3 Å². The number of amides is 1. The third kappa shape index (κ3) is 4.58. The highest BCUT2D eigenvalue weighted by Gasteiger charge is 2.46. The maximum atomic E-state index is 13.4. The van der Waals surface area contributed by atoms with Gasteiger partial charge in [0.05, 0.1) is 25.8 Å². The summed E-state index contributed by atoms with van der Waals surface area (Å²) >= 11 is 0. The van der Waals surface area contributed by atoms with Crippen LogP contribution in [0.2, 0.25) is 0 Å². The fraction of sp³-hybridized carbons (Fsp3) is 0.241.